The van der Waals surface area contributed by atoms with Crippen LogP contribution in [0.15, 0.2) is 53.6 Å². The minimum atomic E-state index is -3.18. The third-order valence-corrected chi connectivity index (χ3v) is 5.92. The number of hydrogen-bond acceptors (Lipinski definition) is 6. The fourth-order valence-electron chi connectivity index (χ4n) is 3.31. The number of rotatable bonds is 3. The summed E-state index contributed by atoms with van der Waals surface area (Å²) in [5, 5.41) is 0. The number of aryl methyl sites for hydroxylation is 1. The second-order valence-corrected chi connectivity index (χ2v) is 8.73. The number of sulfone groups is 1. The summed E-state index contributed by atoms with van der Waals surface area (Å²) >= 11 is 0. The van der Waals surface area contributed by atoms with Gasteiger partial charge in [0, 0.05) is 48.9 Å². The van der Waals surface area contributed by atoms with Crippen molar-refractivity contribution in [3.8, 4) is 11.5 Å². The molecule has 0 atom stereocenters. The van der Waals surface area contributed by atoms with Gasteiger partial charge in [0.15, 0.2) is 15.7 Å². The van der Waals surface area contributed by atoms with Gasteiger partial charge >= 0.3 is 0 Å². The molecule has 0 unspecified atom stereocenters. The molecule has 1 aliphatic rings. The maximum atomic E-state index is 11.6. The minimum absolute atomic E-state index is 0.336. The molecule has 1 aromatic carbocycles. The summed E-state index contributed by atoms with van der Waals surface area (Å²) in [4.78, 5) is 16.3. The molecule has 0 fully saturated rings. The molecule has 0 N–H and O–H groups in total. The van der Waals surface area contributed by atoms with Gasteiger partial charge in [-0.1, -0.05) is 6.07 Å². The van der Waals surface area contributed by atoms with Gasteiger partial charge in [0.05, 0.1) is 10.6 Å². The Bertz CT molecular complexity index is 1080. The molecule has 0 bridgehead atoms. The summed E-state index contributed by atoms with van der Waals surface area (Å²) in [5.41, 5.74) is 4.93. The van der Waals surface area contributed by atoms with E-state index in [2.05, 4.69) is 14.9 Å². The Balaban J connectivity index is 1.62. The normalized spacial score (nSPS) is 14.1. The van der Waals surface area contributed by atoms with Crippen molar-refractivity contribution in [1.29, 1.82) is 0 Å². The van der Waals surface area contributed by atoms with Crippen LogP contribution in [0, 0.1) is 6.92 Å². The van der Waals surface area contributed by atoms with Gasteiger partial charge in [-0.25, -0.2) is 18.4 Å². The van der Waals surface area contributed by atoms with Gasteiger partial charge in [0.25, 0.3) is 0 Å². The third-order valence-electron chi connectivity index (χ3n) is 4.79. The number of fused-ring (bicyclic) bond motifs is 1. The average molecular weight is 380 g/mol. The van der Waals surface area contributed by atoms with Crippen LogP contribution < -0.4 is 4.90 Å². The molecule has 3 aromatic rings. The zero-order chi connectivity index (χ0) is 19.0. The predicted molar refractivity (Wildman–Crippen MR) is 104 cm³/mol. The van der Waals surface area contributed by atoms with Gasteiger partial charge in [-0.15, -0.1) is 0 Å². The number of anilines is 1. The molecule has 6 nitrogen and oxygen atoms in total. The highest BCUT2D eigenvalue weighted by atomic mass is 32.2. The first kappa shape index (κ1) is 17.6. The molecular weight excluding hydrogens is 360 g/mol. The molecule has 0 saturated heterocycles. The smallest absolute Gasteiger partial charge is 0.178 e. The number of hydrogen-bond donors (Lipinski definition) is 0. The van der Waals surface area contributed by atoms with Crippen molar-refractivity contribution in [1.82, 2.24) is 15.0 Å². The van der Waals surface area contributed by atoms with E-state index in [1.54, 1.807) is 18.3 Å². The highest BCUT2D eigenvalue weighted by Crippen LogP contribution is 2.27. The largest absolute Gasteiger partial charge is 0.367 e. The van der Waals surface area contributed by atoms with Crippen molar-refractivity contribution in [2.24, 2.45) is 0 Å². The summed E-state index contributed by atoms with van der Waals surface area (Å²) in [6.07, 6.45) is 3.78. The van der Waals surface area contributed by atoms with Crippen LogP contribution in [-0.2, 0) is 22.8 Å². The first-order valence-electron chi connectivity index (χ1n) is 8.75. The van der Waals surface area contributed by atoms with Crippen molar-refractivity contribution in [2.75, 3.05) is 17.7 Å². The fraction of sp³-hybridized carbons (Fsp3) is 0.250. The van der Waals surface area contributed by atoms with E-state index in [1.165, 1.54) is 6.26 Å². The Hall–Kier alpha value is -2.80. The summed E-state index contributed by atoms with van der Waals surface area (Å²) < 4.78 is 23.3. The molecule has 2 aromatic heterocycles. The minimum Gasteiger partial charge on any atom is -0.367 e. The Kier molecular flexibility index (Phi) is 4.39. The molecule has 0 spiro atoms. The lowest BCUT2D eigenvalue weighted by atomic mass is 10.0. The lowest BCUT2D eigenvalue weighted by Crippen LogP contribution is -2.32. The van der Waals surface area contributed by atoms with E-state index in [4.69, 9.17) is 4.98 Å². The van der Waals surface area contributed by atoms with E-state index < -0.39 is 9.84 Å². The van der Waals surface area contributed by atoms with Crippen molar-refractivity contribution in [3.05, 3.63) is 65.6 Å². The van der Waals surface area contributed by atoms with Gasteiger partial charge in [0.2, 0.25) is 0 Å². The molecule has 7 heteroatoms. The van der Waals surface area contributed by atoms with Crippen LogP contribution in [0.5, 0.6) is 0 Å². The summed E-state index contributed by atoms with van der Waals surface area (Å²) in [6, 6.07) is 12.8. The molecule has 0 aliphatic carbocycles. The standard InChI is InChI=1S/C20H20N4O2S/c1-14-17-13-24(15-6-8-16(9-7-15)27(2,25)26)12-10-18(17)23-20(22-14)19-5-3-4-11-21-19/h3-9,11H,10,12-13H2,1-2H3. The Labute approximate surface area is 158 Å². The third kappa shape index (κ3) is 3.55. The van der Waals surface area contributed by atoms with E-state index in [9.17, 15) is 8.42 Å². The van der Waals surface area contributed by atoms with Crippen molar-refractivity contribution >= 4 is 15.5 Å². The number of pyridine rings is 1. The number of nitrogens with zero attached hydrogens (tertiary/aromatic N) is 4. The second kappa shape index (κ2) is 6.74. The van der Waals surface area contributed by atoms with Crippen LogP contribution in [0.4, 0.5) is 5.69 Å². The van der Waals surface area contributed by atoms with Gasteiger partial charge < -0.3 is 4.90 Å². The maximum absolute atomic E-state index is 11.6. The molecule has 0 saturated carbocycles. The van der Waals surface area contributed by atoms with Crippen LogP contribution in [0.1, 0.15) is 17.0 Å². The maximum Gasteiger partial charge on any atom is 0.178 e. The van der Waals surface area contributed by atoms with Crippen molar-refractivity contribution in [2.45, 2.75) is 24.8 Å². The molecule has 3 heterocycles. The summed E-state index contributed by atoms with van der Waals surface area (Å²) in [6.45, 7) is 3.54. The average Bonchev–Trinajstić information content (AvgIpc) is 2.68. The number of benzene rings is 1. The summed E-state index contributed by atoms with van der Waals surface area (Å²) in [5.74, 6) is 0.665. The molecule has 138 valence electrons. The van der Waals surface area contributed by atoms with Crippen molar-refractivity contribution < 1.29 is 8.42 Å². The topological polar surface area (TPSA) is 76.1 Å². The Morgan fingerprint density at radius 3 is 2.48 bits per heavy atom. The Morgan fingerprint density at radius 1 is 1.04 bits per heavy atom. The zero-order valence-electron chi connectivity index (χ0n) is 15.3. The highest BCUT2D eigenvalue weighted by molar-refractivity contribution is 7.90. The molecule has 1 aliphatic heterocycles. The molecule has 4 rings (SSSR count). The lowest BCUT2D eigenvalue weighted by Gasteiger charge is -2.31. The van der Waals surface area contributed by atoms with Crippen LogP contribution >= 0.6 is 0 Å². The molecule has 27 heavy (non-hydrogen) atoms. The first-order chi connectivity index (χ1) is 12.9. The number of aromatic nitrogens is 3. The van der Waals surface area contributed by atoms with Gasteiger partial charge in [-0.05, 0) is 43.3 Å². The predicted octanol–water partition coefficient (Wildman–Crippen LogP) is 2.81. The monoisotopic (exact) mass is 380 g/mol. The highest BCUT2D eigenvalue weighted by Gasteiger charge is 2.22. The van der Waals surface area contributed by atoms with E-state index in [0.717, 1.165) is 41.3 Å². The van der Waals surface area contributed by atoms with Crippen molar-refractivity contribution in [3.63, 3.8) is 0 Å². The van der Waals surface area contributed by atoms with Gasteiger partial charge in [-0.3, -0.25) is 4.98 Å². The van der Waals surface area contributed by atoms with E-state index in [0.29, 0.717) is 17.3 Å². The SMILES string of the molecule is Cc1nc(-c2ccccn2)nc2c1CN(c1ccc(S(C)(=O)=O)cc1)CC2. The van der Waals surface area contributed by atoms with Gasteiger partial charge in [0.1, 0.15) is 5.69 Å². The quantitative estimate of drug-likeness (QED) is 0.695. The van der Waals surface area contributed by atoms with E-state index >= 15 is 0 Å². The van der Waals surface area contributed by atoms with Crippen LogP contribution in [-0.4, -0.2) is 36.2 Å². The lowest BCUT2D eigenvalue weighted by molar-refractivity contribution is 0.602. The second-order valence-electron chi connectivity index (χ2n) is 6.71. The summed E-state index contributed by atoms with van der Waals surface area (Å²) in [7, 11) is -3.18. The van der Waals surface area contributed by atoms with E-state index in [1.807, 2.05) is 37.3 Å². The molecule has 0 radical (unpaired) electrons. The fourth-order valence-corrected chi connectivity index (χ4v) is 3.94. The molecular formula is C20H20N4O2S. The van der Waals surface area contributed by atoms with Crippen LogP contribution in [0.3, 0.4) is 0 Å². The Morgan fingerprint density at radius 2 is 1.81 bits per heavy atom. The zero-order valence-corrected chi connectivity index (χ0v) is 16.1. The van der Waals surface area contributed by atoms with Gasteiger partial charge in [-0.2, -0.15) is 0 Å². The van der Waals surface area contributed by atoms with Crippen LogP contribution in [0.2, 0.25) is 0 Å². The van der Waals surface area contributed by atoms with Crippen LogP contribution in [0.25, 0.3) is 11.5 Å². The first-order valence-corrected chi connectivity index (χ1v) is 10.6. The van der Waals surface area contributed by atoms with E-state index in [-0.39, 0.29) is 0 Å². The molecule has 0 amide bonds.